The summed E-state index contributed by atoms with van der Waals surface area (Å²) in [6, 6.07) is 4.17. The van der Waals surface area contributed by atoms with Crippen LogP contribution in [0, 0.1) is 5.92 Å². The van der Waals surface area contributed by atoms with E-state index in [9.17, 15) is 0 Å². The summed E-state index contributed by atoms with van der Waals surface area (Å²) in [6.07, 6.45) is 2.56. The Hall–Kier alpha value is -0.870. The molecule has 100 valence electrons. The molecule has 0 aliphatic carbocycles. The average Bonchev–Trinajstić information content (AvgIpc) is 2.38. The van der Waals surface area contributed by atoms with Gasteiger partial charge in [0.25, 0.3) is 0 Å². The maximum Gasteiger partial charge on any atom is 0.151 e. The van der Waals surface area contributed by atoms with Crippen LogP contribution >= 0.6 is 11.6 Å². The number of hydrogen-bond acceptors (Lipinski definition) is 4. The minimum absolute atomic E-state index is 0.419. The summed E-state index contributed by atoms with van der Waals surface area (Å²) in [5, 5.41) is 12.0. The van der Waals surface area contributed by atoms with Gasteiger partial charge in [-0.15, -0.1) is 10.2 Å². The maximum absolute atomic E-state index is 5.79. The molecule has 1 aliphatic heterocycles. The van der Waals surface area contributed by atoms with Crippen molar-refractivity contribution in [1.82, 2.24) is 15.5 Å². The summed E-state index contributed by atoms with van der Waals surface area (Å²) < 4.78 is 0. The minimum atomic E-state index is 0.419. The predicted molar refractivity (Wildman–Crippen MR) is 75.1 cm³/mol. The fourth-order valence-electron chi connectivity index (χ4n) is 2.39. The molecule has 1 aromatic heterocycles. The third kappa shape index (κ3) is 3.56. The molecule has 1 fully saturated rings. The summed E-state index contributed by atoms with van der Waals surface area (Å²) in [5.41, 5.74) is 0. The van der Waals surface area contributed by atoms with E-state index in [-0.39, 0.29) is 0 Å². The van der Waals surface area contributed by atoms with E-state index in [1.54, 1.807) is 6.07 Å². The molecule has 1 atom stereocenters. The summed E-state index contributed by atoms with van der Waals surface area (Å²) in [5.74, 6) is 1.61. The van der Waals surface area contributed by atoms with E-state index in [1.807, 2.05) is 6.07 Å². The number of hydrogen-bond donors (Lipinski definition) is 1. The number of nitrogens with zero attached hydrogens (tertiary/aromatic N) is 3. The lowest BCUT2D eigenvalue weighted by Crippen LogP contribution is -2.41. The van der Waals surface area contributed by atoms with Crippen molar-refractivity contribution in [3.8, 4) is 0 Å². The van der Waals surface area contributed by atoms with E-state index < -0.39 is 0 Å². The zero-order chi connectivity index (χ0) is 13.0. The van der Waals surface area contributed by atoms with Crippen molar-refractivity contribution in [1.29, 1.82) is 0 Å². The molecule has 1 N–H and O–H groups in total. The van der Waals surface area contributed by atoms with Crippen LogP contribution in [-0.4, -0.2) is 35.9 Å². The van der Waals surface area contributed by atoms with Gasteiger partial charge in [-0.1, -0.05) is 11.6 Å². The largest absolute Gasteiger partial charge is 0.352 e. The zero-order valence-electron chi connectivity index (χ0n) is 11.1. The molecule has 0 amide bonds. The van der Waals surface area contributed by atoms with Gasteiger partial charge in [0, 0.05) is 12.6 Å². The highest BCUT2D eigenvalue weighted by molar-refractivity contribution is 6.29. The van der Waals surface area contributed by atoms with Gasteiger partial charge in [0.1, 0.15) is 0 Å². The fourth-order valence-corrected chi connectivity index (χ4v) is 2.49. The first-order valence-corrected chi connectivity index (χ1v) is 7.01. The molecule has 1 aromatic rings. The van der Waals surface area contributed by atoms with Gasteiger partial charge >= 0.3 is 0 Å². The molecule has 1 aliphatic rings. The van der Waals surface area contributed by atoms with Crippen molar-refractivity contribution in [3.05, 3.63) is 17.3 Å². The van der Waals surface area contributed by atoms with Crippen LogP contribution in [-0.2, 0) is 0 Å². The molecule has 0 bridgehead atoms. The molecule has 0 saturated carbocycles. The molecule has 4 nitrogen and oxygen atoms in total. The normalized spacial score (nSPS) is 20.1. The van der Waals surface area contributed by atoms with E-state index in [0.29, 0.717) is 17.1 Å². The fraction of sp³-hybridized carbons (Fsp3) is 0.692. The lowest BCUT2D eigenvalue weighted by molar-refractivity contribution is 0.370. The molecule has 2 heterocycles. The third-order valence-electron chi connectivity index (χ3n) is 3.39. The van der Waals surface area contributed by atoms with E-state index in [2.05, 4.69) is 34.3 Å². The topological polar surface area (TPSA) is 41.0 Å². The third-order valence-corrected chi connectivity index (χ3v) is 3.59. The summed E-state index contributed by atoms with van der Waals surface area (Å²) in [7, 11) is 0. The predicted octanol–water partition coefficient (Wildman–Crippen LogP) is 2.34. The Kier molecular flexibility index (Phi) is 4.78. The Bertz CT molecular complexity index is 360. The molecule has 18 heavy (non-hydrogen) atoms. The van der Waals surface area contributed by atoms with Crippen LogP contribution in [0.3, 0.4) is 0 Å². The standard InChI is InChI=1S/C13H21ClN4/c1-10(2)18(9-11-4-3-7-15-8-11)13-6-5-12(14)16-17-13/h5-6,10-11,15H,3-4,7-9H2,1-2H3. The van der Waals surface area contributed by atoms with Crippen LogP contribution < -0.4 is 10.2 Å². The van der Waals surface area contributed by atoms with Crippen molar-refractivity contribution in [2.75, 3.05) is 24.5 Å². The van der Waals surface area contributed by atoms with Gasteiger partial charge in [-0.3, -0.25) is 0 Å². The van der Waals surface area contributed by atoms with Crippen molar-refractivity contribution in [2.45, 2.75) is 32.7 Å². The Balaban J connectivity index is 2.05. The summed E-state index contributed by atoms with van der Waals surface area (Å²) in [6.45, 7) is 7.66. The van der Waals surface area contributed by atoms with Gasteiger partial charge in [-0.2, -0.15) is 0 Å². The zero-order valence-corrected chi connectivity index (χ0v) is 11.8. The number of halogens is 1. The van der Waals surface area contributed by atoms with Gasteiger partial charge in [-0.05, 0) is 57.8 Å². The first-order chi connectivity index (χ1) is 8.66. The molecule has 0 radical (unpaired) electrons. The Labute approximate surface area is 114 Å². The van der Waals surface area contributed by atoms with Crippen LogP contribution in [0.5, 0.6) is 0 Å². The Morgan fingerprint density at radius 1 is 1.44 bits per heavy atom. The lowest BCUT2D eigenvalue weighted by Gasteiger charge is -2.33. The quantitative estimate of drug-likeness (QED) is 0.910. The smallest absolute Gasteiger partial charge is 0.151 e. The molecule has 5 heteroatoms. The number of piperidine rings is 1. The number of rotatable bonds is 4. The highest BCUT2D eigenvalue weighted by atomic mass is 35.5. The van der Waals surface area contributed by atoms with Gasteiger partial charge in [0.05, 0.1) is 0 Å². The van der Waals surface area contributed by atoms with Crippen molar-refractivity contribution < 1.29 is 0 Å². The van der Waals surface area contributed by atoms with E-state index >= 15 is 0 Å². The lowest BCUT2D eigenvalue weighted by atomic mass is 9.98. The van der Waals surface area contributed by atoms with Crippen LogP contribution in [0.25, 0.3) is 0 Å². The van der Waals surface area contributed by atoms with Crippen molar-refractivity contribution in [2.24, 2.45) is 5.92 Å². The van der Waals surface area contributed by atoms with Crippen molar-refractivity contribution in [3.63, 3.8) is 0 Å². The first-order valence-electron chi connectivity index (χ1n) is 6.63. The first kappa shape index (κ1) is 13.6. The van der Waals surface area contributed by atoms with Gasteiger partial charge in [0.15, 0.2) is 11.0 Å². The van der Waals surface area contributed by atoms with Crippen LogP contribution in [0.2, 0.25) is 5.15 Å². The van der Waals surface area contributed by atoms with Gasteiger partial charge < -0.3 is 10.2 Å². The minimum Gasteiger partial charge on any atom is -0.352 e. The van der Waals surface area contributed by atoms with Crippen LogP contribution in [0.15, 0.2) is 12.1 Å². The molecular weight excluding hydrogens is 248 g/mol. The second kappa shape index (κ2) is 6.34. The highest BCUT2D eigenvalue weighted by Crippen LogP contribution is 2.19. The Morgan fingerprint density at radius 2 is 2.28 bits per heavy atom. The molecule has 1 saturated heterocycles. The number of anilines is 1. The summed E-state index contributed by atoms with van der Waals surface area (Å²) in [4.78, 5) is 2.31. The molecule has 2 rings (SSSR count). The van der Waals surface area contributed by atoms with Crippen LogP contribution in [0.1, 0.15) is 26.7 Å². The number of nitrogens with one attached hydrogen (secondary N) is 1. The second-order valence-electron chi connectivity index (χ2n) is 5.17. The Morgan fingerprint density at radius 3 is 2.83 bits per heavy atom. The SMILES string of the molecule is CC(C)N(CC1CCCNC1)c1ccc(Cl)nn1. The average molecular weight is 269 g/mol. The number of aromatic nitrogens is 2. The van der Waals surface area contributed by atoms with E-state index in [0.717, 1.165) is 25.5 Å². The molecular formula is C13H21ClN4. The van der Waals surface area contributed by atoms with E-state index in [1.165, 1.54) is 12.8 Å². The van der Waals surface area contributed by atoms with Gasteiger partial charge in [-0.25, -0.2) is 0 Å². The maximum atomic E-state index is 5.79. The molecule has 0 aromatic carbocycles. The van der Waals surface area contributed by atoms with E-state index in [4.69, 9.17) is 11.6 Å². The van der Waals surface area contributed by atoms with Gasteiger partial charge in [0.2, 0.25) is 0 Å². The monoisotopic (exact) mass is 268 g/mol. The highest BCUT2D eigenvalue weighted by Gasteiger charge is 2.20. The molecule has 0 spiro atoms. The second-order valence-corrected chi connectivity index (χ2v) is 5.56. The van der Waals surface area contributed by atoms with Crippen LogP contribution in [0.4, 0.5) is 5.82 Å². The van der Waals surface area contributed by atoms with Crippen molar-refractivity contribution >= 4 is 17.4 Å². The summed E-state index contributed by atoms with van der Waals surface area (Å²) >= 11 is 5.79. The molecule has 1 unspecified atom stereocenters.